The molecule has 0 N–H and O–H groups in total. The van der Waals surface area contributed by atoms with Crippen molar-refractivity contribution in [2.75, 3.05) is 31.7 Å². The lowest BCUT2D eigenvalue weighted by Gasteiger charge is -2.28. The van der Waals surface area contributed by atoms with Crippen LogP contribution >= 0.6 is 0 Å². The zero-order valence-corrected chi connectivity index (χ0v) is 21.7. The molecule has 0 aliphatic heterocycles. The minimum Gasteiger partial charge on any atom is -0.494 e. The number of benzene rings is 2. The van der Waals surface area contributed by atoms with E-state index in [9.17, 15) is 14.4 Å². The SMILES string of the molecule is CCOC(=O)C(C)(C)Oc1c(C)cc(CN(C)C(=O)N(CC=O)c2ccc(OCC)cc2)cc1C. The number of hydrogen-bond acceptors (Lipinski definition) is 6. The van der Waals surface area contributed by atoms with Crippen LogP contribution in [0.3, 0.4) is 0 Å². The van der Waals surface area contributed by atoms with Crippen LogP contribution in [0.1, 0.15) is 44.4 Å². The van der Waals surface area contributed by atoms with Crippen LogP contribution in [0.5, 0.6) is 11.5 Å². The molecule has 0 saturated carbocycles. The van der Waals surface area contributed by atoms with Crippen LogP contribution in [0.4, 0.5) is 10.5 Å². The number of ether oxygens (including phenoxy) is 3. The van der Waals surface area contributed by atoms with E-state index in [2.05, 4.69) is 0 Å². The van der Waals surface area contributed by atoms with Gasteiger partial charge < -0.3 is 23.9 Å². The van der Waals surface area contributed by atoms with E-state index in [1.165, 1.54) is 4.90 Å². The molecule has 8 heteroatoms. The number of aldehydes is 1. The fourth-order valence-electron chi connectivity index (χ4n) is 3.70. The average Bonchev–Trinajstić information content (AvgIpc) is 2.80. The Kier molecular flexibility index (Phi) is 9.68. The minimum absolute atomic E-state index is 0.0646. The lowest BCUT2D eigenvalue weighted by atomic mass is 10.0. The second-order valence-electron chi connectivity index (χ2n) is 8.73. The summed E-state index contributed by atoms with van der Waals surface area (Å²) < 4.78 is 16.6. The highest BCUT2D eigenvalue weighted by Crippen LogP contribution is 2.30. The zero-order valence-electron chi connectivity index (χ0n) is 21.7. The Hall–Kier alpha value is -3.55. The molecule has 0 aliphatic rings. The van der Waals surface area contributed by atoms with Gasteiger partial charge in [0.05, 0.1) is 19.8 Å². The van der Waals surface area contributed by atoms with Crippen LogP contribution in [0.15, 0.2) is 36.4 Å². The van der Waals surface area contributed by atoms with Crippen LogP contribution in [0.25, 0.3) is 0 Å². The van der Waals surface area contributed by atoms with Crippen molar-refractivity contribution in [1.29, 1.82) is 0 Å². The molecule has 0 radical (unpaired) electrons. The van der Waals surface area contributed by atoms with Gasteiger partial charge >= 0.3 is 12.0 Å². The average molecular weight is 485 g/mol. The van der Waals surface area contributed by atoms with Gasteiger partial charge in [-0.1, -0.05) is 12.1 Å². The van der Waals surface area contributed by atoms with Gasteiger partial charge in [-0.15, -0.1) is 0 Å². The van der Waals surface area contributed by atoms with E-state index >= 15 is 0 Å². The van der Waals surface area contributed by atoms with Crippen molar-refractivity contribution >= 4 is 24.0 Å². The Morgan fingerprint density at radius 2 is 1.60 bits per heavy atom. The van der Waals surface area contributed by atoms with E-state index in [1.54, 1.807) is 57.0 Å². The van der Waals surface area contributed by atoms with Gasteiger partial charge in [0.1, 0.15) is 17.8 Å². The van der Waals surface area contributed by atoms with Crippen molar-refractivity contribution in [3.8, 4) is 11.5 Å². The van der Waals surface area contributed by atoms with E-state index in [0.717, 1.165) is 16.7 Å². The highest BCUT2D eigenvalue weighted by molar-refractivity contribution is 5.94. The van der Waals surface area contributed by atoms with Gasteiger partial charge in [-0.2, -0.15) is 0 Å². The molecule has 0 spiro atoms. The largest absolute Gasteiger partial charge is 0.494 e. The lowest BCUT2D eigenvalue weighted by Crippen LogP contribution is -2.42. The molecule has 190 valence electrons. The fraction of sp³-hybridized carbons (Fsp3) is 0.444. The molecule has 0 unspecified atom stereocenters. The maximum atomic E-state index is 13.2. The molecule has 8 nitrogen and oxygen atoms in total. The fourth-order valence-corrected chi connectivity index (χ4v) is 3.70. The third-order valence-corrected chi connectivity index (χ3v) is 5.34. The summed E-state index contributed by atoms with van der Waals surface area (Å²) in [5, 5.41) is 0. The minimum atomic E-state index is -1.13. The summed E-state index contributed by atoms with van der Waals surface area (Å²) in [6.07, 6.45) is 0.702. The Balaban J connectivity index is 2.19. The standard InChI is InChI=1S/C27H36N2O6/c1-8-33-23-12-10-22(11-13-23)29(14-15-30)26(32)28(7)18-21-16-19(3)24(20(4)17-21)35-27(5,6)25(31)34-9-2/h10-13,15-17H,8-9,14,18H2,1-7H3. The number of aryl methyl sites for hydroxylation is 2. The predicted octanol–water partition coefficient (Wildman–Crippen LogP) is 4.68. The number of urea groups is 1. The van der Waals surface area contributed by atoms with E-state index in [-0.39, 0.29) is 19.2 Å². The van der Waals surface area contributed by atoms with Gasteiger partial charge in [-0.05, 0) is 82.5 Å². The Morgan fingerprint density at radius 3 is 2.11 bits per heavy atom. The third kappa shape index (κ3) is 7.21. The van der Waals surface area contributed by atoms with Crippen LogP contribution in [-0.2, 0) is 20.9 Å². The summed E-state index contributed by atoms with van der Waals surface area (Å²) >= 11 is 0. The van der Waals surface area contributed by atoms with Gasteiger partial charge in [0.15, 0.2) is 5.60 Å². The molecule has 0 aliphatic carbocycles. The number of hydrogen-bond donors (Lipinski definition) is 0. The molecular formula is C27H36N2O6. The van der Waals surface area contributed by atoms with Crippen LogP contribution in [-0.4, -0.2) is 55.6 Å². The molecule has 0 fully saturated rings. The first-order valence-corrected chi connectivity index (χ1v) is 11.7. The predicted molar refractivity (Wildman–Crippen MR) is 135 cm³/mol. The Bertz CT molecular complexity index is 1010. The van der Waals surface area contributed by atoms with Crippen molar-refractivity contribution < 1.29 is 28.6 Å². The maximum absolute atomic E-state index is 13.2. The van der Waals surface area contributed by atoms with E-state index in [4.69, 9.17) is 14.2 Å². The van der Waals surface area contributed by atoms with Gasteiger partial charge in [-0.3, -0.25) is 4.90 Å². The number of rotatable bonds is 11. The highest BCUT2D eigenvalue weighted by atomic mass is 16.6. The highest BCUT2D eigenvalue weighted by Gasteiger charge is 2.32. The van der Waals surface area contributed by atoms with Crippen LogP contribution in [0.2, 0.25) is 0 Å². The molecular weight excluding hydrogens is 448 g/mol. The summed E-state index contributed by atoms with van der Waals surface area (Å²) in [6, 6.07) is 10.6. The number of carbonyl (C=O) groups is 3. The lowest BCUT2D eigenvalue weighted by molar-refractivity contribution is -0.158. The summed E-state index contributed by atoms with van der Waals surface area (Å²) in [6.45, 7) is 11.9. The molecule has 35 heavy (non-hydrogen) atoms. The molecule has 2 aromatic carbocycles. The van der Waals surface area contributed by atoms with E-state index < -0.39 is 11.6 Å². The van der Waals surface area contributed by atoms with Crippen molar-refractivity contribution in [1.82, 2.24) is 4.90 Å². The summed E-state index contributed by atoms with van der Waals surface area (Å²) in [5.74, 6) is 0.873. The molecule has 0 bridgehead atoms. The molecule has 0 saturated heterocycles. The molecule has 2 rings (SSSR count). The summed E-state index contributed by atoms with van der Waals surface area (Å²) in [7, 11) is 1.69. The quantitative estimate of drug-likeness (QED) is 0.340. The normalized spacial score (nSPS) is 10.9. The first-order chi connectivity index (χ1) is 16.5. The number of anilines is 1. The zero-order chi connectivity index (χ0) is 26.2. The monoisotopic (exact) mass is 484 g/mol. The summed E-state index contributed by atoms with van der Waals surface area (Å²) in [4.78, 5) is 39.7. The Morgan fingerprint density at radius 1 is 1.00 bits per heavy atom. The van der Waals surface area contributed by atoms with Crippen LogP contribution in [0, 0.1) is 13.8 Å². The number of esters is 1. The van der Waals surface area contributed by atoms with Crippen molar-refractivity contribution in [3.63, 3.8) is 0 Å². The number of nitrogens with zero attached hydrogens (tertiary/aromatic N) is 2. The molecule has 0 atom stereocenters. The van der Waals surface area contributed by atoms with Crippen molar-refractivity contribution in [2.24, 2.45) is 0 Å². The summed E-state index contributed by atoms with van der Waals surface area (Å²) in [5.41, 5.74) is 2.06. The first kappa shape index (κ1) is 27.7. The molecule has 2 amide bonds. The first-order valence-electron chi connectivity index (χ1n) is 11.7. The molecule has 0 heterocycles. The van der Waals surface area contributed by atoms with Gasteiger partial charge in [-0.25, -0.2) is 9.59 Å². The molecule has 0 aromatic heterocycles. The van der Waals surface area contributed by atoms with E-state index in [1.807, 2.05) is 32.9 Å². The molecule has 2 aromatic rings. The van der Waals surface area contributed by atoms with Gasteiger partial charge in [0, 0.05) is 19.3 Å². The third-order valence-electron chi connectivity index (χ3n) is 5.34. The smallest absolute Gasteiger partial charge is 0.349 e. The van der Waals surface area contributed by atoms with Crippen molar-refractivity contribution in [3.05, 3.63) is 53.1 Å². The Labute approximate surface area is 207 Å². The van der Waals surface area contributed by atoms with Crippen molar-refractivity contribution in [2.45, 2.75) is 53.7 Å². The second kappa shape index (κ2) is 12.2. The number of amides is 2. The topological polar surface area (TPSA) is 85.4 Å². The van der Waals surface area contributed by atoms with Gasteiger partial charge in [0.25, 0.3) is 0 Å². The maximum Gasteiger partial charge on any atom is 0.349 e. The number of carbonyl (C=O) groups excluding carboxylic acids is 3. The second-order valence-corrected chi connectivity index (χ2v) is 8.73. The van der Waals surface area contributed by atoms with E-state index in [0.29, 0.717) is 36.6 Å². The van der Waals surface area contributed by atoms with Crippen LogP contribution < -0.4 is 14.4 Å². The van der Waals surface area contributed by atoms with Gasteiger partial charge in [0.2, 0.25) is 0 Å².